The predicted molar refractivity (Wildman–Crippen MR) is 62.4 cm³/mol. The van der Waals surface area contributed by atoms with Crippen LogP contribution in [0.3, 0.4) is 0 Å². The Labute approximate surface area is 107 Å². The minimum Gasteiger partial charge on any atom is -0.507 e. The molecule has 0 amide bonds. The van der Waals surface area contributed by atoms with Gasteiger partial charge in [-0.15, -0.1) is 0 Å². The van der Waals surface area contributed by atoms with Crippen LogP contribution >= 0.6 is 0 Å². The van der Waals surface area contributed by atoms with Crippen LogP contribution in [0.1, 0.15) is 5.89 Å². The molecule has 0 saturated carbocycles. The van der Waals surface area contributed by atoms with Crippen LogP contribution in [-0.4, -0.2) is 29.9 Å². The normalized spacial score (nSPS) is 11.7. The van der Waals surface area contributed by atoms with Gasteiger partial charge in [-0.1, -0.05) is 5.16 Å². The van der Waals surface area contributed by atoms with Crippen LogP contribution in [0.15, 0.2) is 21.6 Å². The average Bonchev–Trinajstić information content (AvgIpc) is 2.78. The number of nitrogens with two attached hydrogens (primary N) is 1. The molecule has 0 aliphatic carbocycles. The number of aromatic hydroxyl groups is 1. The van der Waals surface area contributed by atoms with Crippen LogP contribution < -0.4 is 5.73 Å². The van der Waals surface area contributed by atoms with E-state index in [4.69, 9.17) is 10.3 Å². The van der Waals surface area contributed by atoms with E-state index in [1.54, 1.807) is 0 Å². The van der Waals surface area contributed by atoms with E-state index in [9.17, 15) is 17.9 Å². The number of nitrogens with zero attached hydrogens (tertiary/aromatic N) is 2. The maximum absolute atomic E-state index is 13.7. The van der Waals surface area contributed by atoms with Crippen LogP contribution in [0.25, 0.3) is 11.4 Å². The lowest BCUT2D eigenvalue weighted by atomic mass is 10.2. The lowest BCUT2D eigenvalue weighted by molar-refractivity contribution is 0.380. The van der Waals surface area contributed by atoms with E-state index in [-0.39, 0.29) is 23.8 Å². The fourth-order valence-electron chi connectivity index (χ4n) is 1.45. The molecule has 9 heteroatoms. The largest absolute Gasteiger partial charge is 0.507 e. The molecule has 0 aliphatic rings. The molecule has 0 radical (unpaired) electrons. The Morgan fingerprint density at radius 3 is 2.68 bits per heavy atom. The average molecular weight is 287 g/mol. The topological polar surface area (TPSA) is 119 Å². The quantitative estimate of drug-likeness (QED) is 0.840. The summed E-state index contributed by atoms with van der Waals surface area (Å²) in [6, 6.07) is 1.63. The highest BCUT2D eigenvalue weighted by Gasteiger charge is 2.20. The van der Waals surface area contributed by atoms with Crippen molar-refractivity contribution in [1.29, 1.82) is 0 Å². The molecule has 7 nitrogen and oxygen atoms in total. The summed E-state index contributed by atoms with van der Waals surface area (Å²) < 4.78 is 41.0. The van der Waals surface area contributed by atoms with Gasteiger partial charge in [-0.2, -0.15) is 4.98 Å². The first-order chi connectivity index (χ1) is 8.82. The molecule has 102 valence electrons. The summed E-state index contributed by atoms with van der Waals surface area (Å²) in [7, 11) is -3.77. The summed E-state index contributed by atoms with van der Waals surface area (Å²) in [6.07, 6.45) is 0.839. The third kappa shape index (κ3) is 2.56. The molecule has 0 aliphatic heterocycles. The van der Waals surface area contributed by atoms with Crippen molar-refractivity contribution in [2.75, 3.05) is 6.26 Å². The van der Waals surface area contributed by atoms with Gasteiger partial charge in [-0.05, 0) is 6.07 Å². The molecule has 0 fully saturated rings. The van der Waals surface area contributed by atoms with Gasteiger partial charge in [-0.25, -0.2) is 12.8 Å². The number of halogens is 1. The van der Waals surface area contributed by atoms with E-state index >= 15 is 0 Å². The van der Waals surface area contributed by atoms with Crippen molar-refractivity contribution in [3.05, 3.63) is 23.8 Å². The number of hydrogen-bond donors (Lipinski definition) is 2. The Hall–Kier alpha value is -2.00. The summed E-state index contributed by atoms with van der Waals surface area (Å²) in [4.78, 5) is 3.21. The van der Waals surface area contributed by atoms with E-state index in [1.165, 1.54) is 0 Å². The molecule has 1 aromatic carbocycles. The van der Waals surface area contributed by atoms with Gasteiger partial charge < -0.3 is 15.4 Å². The summed E-state index contributed by atoms with van der Waals surface area (Å²) in [5.41, 5.74) is 5.20. The van der Waals surface area contributed by atoms with Crippen molar-refractivity contribution in [1.82, 2.24) is 10.1 Å². The number of phenolic OH excluding ortho intramolecular Hbond substituents is 1. The summed E-state index contributed by atoms with van der Waals surface area (Å²) >= 11 is 0. The predicted octanol–water partition coefficient (Wildman–Crippen LogP) is 0.444. The van der Waals surface area contributed by atoms with Crippen molar-refractivity contribution in [2.24, 2.45) is 5.73 Å². The zero-order valence-corrected chi connectivity index (χ0v) is 10.6. The van der Waals surface area contributed by atoms with Gasteiger partial charge in [0.15, 0.2) is 9.84 Å². The fraction of sp³-hybridized carbons (Fsp3) is 0.200. The molecule has 0 atom stereocenters. The maximum atomic E-state index is 13.7. The summed E-state index contributed by atoms with van der Waals surface area (Å²) in [5.74, 6) is -1.43. The first-order valence-electron chi connectivity index (χ1n) is 5.08. The third-order valence-corrected chi connectivity index (χ3v) is 3.45. The second-order valence-electron chi connectivity index (χ2n) is 3.79. The Morgan fingerprint density at radius 1 is 1.47 bits per heavy atom. The minimum atomic E-state index is -3.77. The number of rotatable bonds is 3. The minimum absolute atomic E-state index is 0.00231. The molecule has 0 spiro atoms. The second-order valence-corrected chi connectivity index (χ2v) is 5.77. The molecule has 19 heavy (non-hydrogen) atoms. The highest BCUT2D eigenvalue weighted by atomic mass is 32.2. The van der Waals surface area contributed by atoms with Crippen LogP contribution in [0, 0.1) is 5.82 Å². The van der Waals surface area contributed by atoms with Gasteiger partial charge in [0.05, 0.1) is 12.1 Å². The van der Waals surface area contributed by atoms with Gasteiger partial charge in [-0.3, -0.25) is 0 Å². The van der Waals surface area contributed by atoms with Crippen LogP contribution in [0.4, 0.5) is 4.39 Å². The van der Waals surface area contributed by atoms with Gasteiger partial charge in [0.25, 0.3) is 0 Å². The first-order valence-corrected chi connectivity index (χ1v) is 6.97. The lowest BCUT2D eigenvalue weighted by Crippen LogP contribution is -2.01. The zero-order chi connectivity index (χ0) is 14.2. The smallest absolute Gasteiger partial charge is 0.240 e. The standard InChI is InChI=1S/C10H10FN3O4S/c1-19(16,17)8-3-7(15)5(2-6(8)11)10-13-9(4-12)18-14-10/h2-3,15H,4,12H2,1H3. The van der Waals surface area contributed by atoms with E-state index in [2.05, 4.69) is 10.1 Å². The van der Waals surface area contributed by atoms with E-state index < -0.39 is 26.3 Å². The molecule has 1 heterocycles. The van der Waals surface area contributed by atoms with Crippen LogP contribution in [-0.2, 0) is 16.4 Å². The summed E-state index contributed by atoms with van der Waals surface area (Å²) in [5, 5.41) is 13.2. The van der Waals surface area contributed by atoms with Gasteiger partial charge in [0.2, 0.25) is 11.7 Å². The fourth-order valence-corrected chi connectivity index (χ4v) is 2.19. The maximum Gasteiger partial charge on any atom is 0.240 e. The van der Waals surface area contributed by atoms with Crippen LogP contribution in [0.2, 0.25) is 0 Å². The Kier molecular flexibility index (Phi) is 3.25. The first kappa shape index (κ1) is 13.4. The second kappa shape index (κ2) is 4.59. The number of aromatic nitrogens is 2. The molecule has 1 aromatic heterocycles. The molecule has 0 unspecified atom stereocenters. The zero-order valence-electron chi connectivity index (χ0n) is 9.79. The van der Waals surface area contributed by atoms with Gasteiger partial charge in [0, 0.05) is 12.3 Å². The lowest BCUT2D eigenvalue weighted by Gasteiger charge is -2.04. The van der Waals surface area contributed by atoms with E-state index in [0.29, 0.717) is 0 Å². The Bertz CT molecular complexity index is 726. The molecular formula is C10H10FN3O4S. The summed E-state index contributed by atoms with van der Waals surface area (Å²) in [6.45, 7) is -0.00231. The van der Waals surface area contributed by atoms with Gasteiger partial charge >= 0.3 is 0 Å². The molecule has 2 rings (SSSR count). The highest BCUT2D eigenvalue weighted by molar-refractivity contribution is 7.90. The van der Waals surface area contributed by atoms with E-state index in [0.717, 1.165) is 18.4 Å². The van der Waals surface area contributed by atoms with Crippen LogP contribution in [0.5, 0.6) is 5.75 Å². The monoisotopic (exact) mass is 287 g/mol. The van der Waals surface area contributed by atoms with E-state index in [1.807, 2.05) is 0 Å². The molecule has 3 N–H and O–H groups in total. The molecular weight excluding hydrogens is 277 g/mol. The van der Waals surface area contributed by atoms with Crippen molar-refractivity contribution in [3.8, 4) is 17.1 Å². The SMILES string of the molecule is CS(=O)(=O)c1cc(O)c(-c2noc(CN)n2)cc1F. The number of benzene rings is 1. The Morgan fingerprint density at radius 2 is 2.16 bits per heavy atom. The van der Waals surface area contributed by atoms with Crippen molar-refractivity contribution < 1.29 is 22.4 Å². The number of hydrogen-bond acceptors (Lipinski definition) is 7. The number of phenols is 1. The molecule has 2 aromatic rings. The van der Waals surface area contributed by atoms with Crippen molar-refractivity contribution in [2.45, 2.75) is 11.4 Å². The molecule has 0 bridgehead atoms. The Balaban J connectivity index is 2.58. The van der Waals surface area contributed by atoms with Crippen molar-refractivity contribution >= 4 is 9.84 Å². The highest BCUT2D eigenvalue weighted by Crippen LogP contribution is 2.31. The molecule has 0 saturated heterocycles. The van der Waals surface area contributed by atoms with Gasteiger partial charge in [0.1, 0.15) is 16.5 Å². The van der Waals surface area contributed by atoms with Crippen molar-refractivity contribution in [3.63, 3.8) is 0 Å². The third-order valence-electron chi connectivity index (χ3n) is 2.33. The number of sulfone groups is 1.